The van der Waals surface area contributed by atoms with Gasteiger partial charge in [-0.05, 0) is 50.7 Å². The molecule has 0 unspecified atom stereocenters. The molecular weight excluding hydrogens is 311 g/mol. The third-order valence-electron chi connectivity index (χ3n) is 5.94. The summed E-state index contributed by atoms with van der Waals surface area (Å²) in [6.07, 6.45) is 5.76. The third kappa shape index (κ3) is 2.52. The molecule has 0 aromatic carbocycles. The molecule has 1 spiro atoms. The summed E-state index contributed by atoms with van der Waals surface area (Å²) in [7, 11) is 0. The van der Waals surface area contributed by atoms with E-state index in [1.165, 1.54) is 6.26 Å². The van der Waals surface area contributed by atoms with Gasteiger partial charge >= 0.3 is 0 Å². The lowest BCUT2D eigenvalue weighted by molar-refractivity contribution is -0.149. The summed E-state index contributed by atoms with van der Waals surface area (Å²) < 4.78 is 19.7. The van der Waals surface area contributed by atoms with E-state index in [9.17, 15) is 14.0 Å². The van der Waals surface area contributed by atoms with Crippen molar-refractivity contribution in [1.82, 2.24) is 9.80 Å². The molecule has 130 valence electrons. The molecule has 4 rings (SSSR count). The Bertz CT molecular complexity index is 641. The van der Waals surface area contributed by atoms with Crippen molar-refractivity contribution in [2.24, 2.45) is 5.41 Å². The van der Waals surface area contributed by atoms with Crippen LogP contribution in [-0.4, -0.2) is 53.5 Å². The van der Waals surface area contributed by atoms with Gasteiger partial charge in [0.15, 0.2) is 11.4 Å². The fraction of sp³-hybridized carbons (Fsp3) is 0.667. The Labute approximate surface area is 140 Å². The van der Waals surface area contributed by atoms with E-state index in [2.05, 4.69) is 0 Å². The zero-order chi connectivity index (χ0) is 16.8. The van der Waals surface area contributed by atoms with E-state index in [-0.39, 0.29) is 17.2 Å². The number of halogens is 1. The molecule has 1 aromatic heterocycles. The van der Waals surface area contributed by atoms with Crippen LogP contribution in [0.1, 0.15) is 49.1 Å². The maximum Gasteiger partial charge on any atom is 0.289 e. The monoisotopic (exact) mass is 334 g/mol. The van der Waals surface area contributed by atoms with Crippen molar-refractivity contribution in [1.29, 1.82) is 0 Å². The number of hydrogen-bond acceptors (Lipinski definition) is 3. The second-order valence-electron chi connectivity index (χ2n) is 7.60. The van der Waals surface area contributed by atoms with Crippen molar-refractivity contribution in [2.45, 2.75) is 44.2 Å². The minimum atomic E-state index is -1.62. The van der Waals surface area contributed by atoms with Crippen molar-refractivity contribution >= 4 is 11.8 Å². The number of carbonyl (C=O) groups excluding carboxylic acids is 2. The first-order valence-electron chi connectivity index (χ1n) is 8.83. The number of piperidine rings is 1. The number of nitrogens with zero attached hydrogens (tertiary/aromatic N) is 2. The van der Waals surface area contributed by atoms with Crippen LogP contribution >= 0.6 is 0 Å². The Morgan fingerprint density at radius 2 is 1.83 bits per heavy atom. The Kier molecular flexibility index (Phi) is 3.66. The van der Waals surface area contributed by atoms with Crippen LogP contribution in [0.15, 0.2) is 22.8 Å². The van der Waals surface area contributed by atoms with E-state index in [0.29, 0.717) is 44.8 Å². The van der Waals surface area contributed by atoms with Gasteiger partial charge in [0, 0.05) is 31.6 Å². The predicted octanol–water partition coefficient (Wildman–Crippen LogP) is 2.63. The molecule has 3 aliphatic rings. The lowest BCUT2D eigenvalue weighted by atomic mass is 9.78. The van der Waals surface area contributed by atoms with Gasteiger partial charge in [-0.25, -0.2) is 4.39 Å². The van der Waals surface area contributed by atoms with Crippen LogP contribution in [0.5, 0.6) is 0 Å². The van der Waals surface area contributed by atoms with E-state index in [0.717, 1.165) is 25.7 Å². The first-order valence-corrected chi connectivity index (χ1v) is 8.83. The van der Waals surface area contributed by atoms with Gasteiger partial charge in [0.1, 0.15) is 0 Å². The van der Waals surface area contributed by atoms with Crippen molar-refractivity contribution in [2.75, 3.05) is 26.2 Å². The van der Waals surface area contributed by atoms with Gasteiger partial charge in [0.25, 0.3) is 11.8 Å². The van der Waals surface area contributed by atoms with Gasteiger partial charge in [-0.15, -0.1) is 0 Å². The SMILES string of the molecule is O=C(c1ccco1)N1CCC[C@@]2(CCN(C(=O)C3(F)CCC3)C2)C1. The largest absolute Gasteiger partial charge is 0.459 e. The molecule has 1 aliphatic carbocycles. The molecule has 3 fully saturated rings. The highest BCUT2D eigenvalue weighted by Gasteiger charge is 2.51. The van der Waals surface area contributed by atoms with E-state index in [1.54, 1.807) is 17.0 Å². The second-order valence-corrected chi connectivity index (χ2v) is 7.60. The number of alkyl halides is 1. The Morgan fingerprint density at radius 3 is 2.50 bits per heavy atom. The summed E-state index contributed by atoms with van der Waals surface area (Å²) in [5.41, 5.74) is -1.71. The first-order chi connectivity index (χ1) is 11.5. The van der Waals surface area contributed by atoms with Gasteiger partial charge in [0.2, 0.25) is 0 Å². The molecule has 0 bridgehead atoms. The second kappa shape index (κ2) is 5.60. The average Bonchev–Trinajstić information content (AvgIpc) is 3.22. The fourth-order valence-electron chi connectivity index (χ4n) is 4.36. The van der Waals surface area contributed by atoms with Crippen molar-refractivity contribution in [3.05, 3.63) is 24.2 Å². The molecule has 1 atom stereocenters. The fourth-order valence-corrected chi connectivity index (χ4v) is 4.36. The zero-order valence-corrected chi connectivity index (χ0v) is 13.8. The minimum absolute atomic E-state index is 0.0870. The van der Waals surface area contributed by atoms with Gasteiger partial charge in [0.05, 0.1) is 6.26 Å². The van der Waals surface area contributed by atoms with Crippen molar-refractivity contribution in [3.8, 4) is 0 Å². The highest BCUT2D eigenvalue weighted by molar-refractivity contribution is 5.91. The summed E-state index contributed by atoms with van der Waals surface area (Å²) in [5.74, 6) is -0.0694. The van der Waals surface area contributed by atoms with E-state index in [1.807, 2.05) is 4.90 Å². The summed E-state index contributed by atoms with van der Waals surface area (Å²) in [6.45, 7) is 2.50. The first kappa shape index (κ1) is 15.7. The number of rotatable bonds is 2. The van der Waals surface area contributed by atoms with Crippen LogP contribution in [0.25, 0.3) is 0 Å². The molecule has 2 aliphatic heterocycles. The summed E-state index contributed by atoms with van der Waals surface area (Å²) in [6, 6.07) is 3.39. The van der Waals surface area contributed by atoms with E-state index >= 15 is 0 Å². The molecule has 6 heteroatoms. The third-order valence-corrected chi connectivity index (χ3v) is 5.94. The smallest absolute Gasteiger partial charge is 0.289 e. The molecule has 1 saturated carbocycles. The van der Waals surface area contributed by atoms with Crippen molar-refractivity contribution in [3.63, 3.8) is 0 Å². The predicted molar refractivity (Wildman–Crippen MR) is 85.2 cm³/mol. The topological polar surface area (TPSA) is 53.8 Å². The van der Waals surface area contributed by atoms with Crippen molar-refractivity contribution < 1.29 is 18.4 Å². The van der Waals surface area contributed by atoms with Gasteiger partial charge in [-0.2, -0.15) is 0 Å². The number of furan rings is 1. The molecule has 2 saturated heterocycles. The van der Waals surface area contributed by atoms with Gasteiger partial charge in [-0.1, -0.05) is 0 Å². The molecule has 5 nitrogen and oxygen atoms in total. The summed E-state index contributed by atoms with van der Waals surface area (Å²) in [5, 5.41) is 0. The Hall–Kier alpha value is -1.85. The Morgan fingerprint density at radius 1 is 1.04 bits per heavy atom. The van der Waals surface area contributed by atoms with Crippen LogP contribution in [-0.2, 0) is 4.79 Å². The summed E-state index contributed by atoms with van der Waals surface area (Å²) in [4.78, 5) is 28.5. The van der Waals surface area contributed by atoms with Crippen LogP contribution in [0.3, 0.4) is 0 Å². The van der Waals surface area contributed by atoms with Crippen LogP contribution in [0.4, 0.5) is 4.39 Å². The van der Waals surface area contributed by atoms with Crippen LogP contribution < -0.4 is 0 Å². The standard InChI is InChI=1S/C18H23FN2O3/c19-18(6-2-7-18)16(23)21-10-8-17(13-21)5-3-9-20(12-17)15(22)14-4-1-11-24-14/h1,4,11H,2-3,5-10,12-13H2/t17-/m1/s1. The molecule has 3 heterocycles. The van der Waals surface area contributed by atoms with Crippen LogP contribution in [0, 0.1) is 5.41 Å². The molecule has 2 amide bonds. The number of amides is 2. The zero-order valence-electron chi connectivity index (χ0n) is 13.8. The lowest BCUT2D eigenvalue weighted by Crippen LogP contribution is -2.52. The normalized spacial score (nSPS) is 28.9. The molecule has 24 heavy (non-hydrogen) atoms. The minimum Gasteiger partial charge on any atom is -0.459 e. The molecular formula is C18H23FN2O3. The quantitative estimate of drug-likeness (QED) is 0.835. The summed E-state index contributed by atoms with van der Waals surface area (Å²) >= 11 is 0. The van der Waals surface area contributed by atoms with Gasteiger partial charge in [-0.3, -0.25) is 9.59 Å². The lowest BCUT2D eigenvalue weighted by Gasteiger charge is -2.41. The molecule has 0 N–H and O–H groups in total. The maximum atomic E-state index is 14.4. The number of hydrogen-bond donors (Lipinski definition) is 0. The van der Waals surface area contributed by atoms with Gasteiger partial charge < -0.3 is 14.2 Å². The number of likely N-dealkylation sites (tertiary alicyclic amines) is 2. The molecule has 1 aromatic rings. The molecule has 0 radical (unpaired) electrons. The maximum absolute atomic E-state index is 14.4. The van der Waals surface area contributed by atoms with E-state index < -0.39 is 5.67 Å². The number of carbonyl (C=O) groups is 2. The van der Waals surface area contributed by atoms with Crippen LogP contribution in [0.2, 0.25) is 0 Å². The highest BCUT2D eigenvalue weighted by Crippen LogP contribution is 2.43. The highest BCUT2D eigenvalue weighted by atomic mass is 19.1. The average molecular weight is 334 g/mol. The van der Waals surface area contributed by atoms with E-state index in [4.69, 9.17) is 4.42 Å². The Balaban J connectivity index is 1.44.